The van der Waals surface area contributed by atoms with Crippen LogP contribution in [0.25, 0.3) is 32.9 Å². The van der Waals surface area contributed by atoms with Crippen LogP contribution in [0.4, 0.5) is 17.6 Å². The number of fused-ring (bicyclic) bond motifs is 2. The number of hydrogen-bond acceptors (Lipinski definition) is 2. The molecule has 0 saturated heterocycles. The van der Waals surface area contributed by atoms with E-state index < -0.39 is 6.36 Å². The van der Waals surface area contributed by atoms with Crippen molar-refractivity contribution in [1.82, 2.24) is 15.3 Å². The van der Waals surface area contributed by atoms with Crippen molar-refractivity contribution in [1.29, 1.82) is 0 Å². The summed E-state index contributed by atoms with van der Waals surface area (Å²) in [4.78, 5) is 19.0. The zero-order valence-electron chi connectivity index (χ0n) is 20.0. The molecule has 37 heavy (non-hydrogen) atoms. The van der Waals surface area contributed by atoms with Crippen molar-refractivity contribution < 1.29 is 27.1 Å². The van der Waals surface area contributed by atoms with Crippen molar-refractivity contribution in [2.45, 2.75) is 26.6 Å². The lowest BCUT2D eigenvalue weighted by Gasteiger charge is -2.09. The predicted molar refractivity (Wildman–Crippen MR) is 134 cm³/mol. The third-order valence-electron chi connectivity index (χ3n) is 6.38. The number of nitrogens with one attached hydrogen (secondary N) is 3. The molecule has 0 atom stereocenters. The SMILES string of the molecule is Cc1[nH]c2c(F)ccc(C)c2c1CCNC(=O)c1cc2ccc(-c3ccc(OC(F)(F)F)cc3)cc2[nH]1. The molecule has 0 aliphatic heterocycles. The van der Waals surface area contributed by atoms with E-state index >= 15 is 0 Å². The topological polar surface area (TPSA) is 69.9 Å². The monoisotopic (exact) mass is 509 g/mol. The van der Waals surface area contributed by atoms with Gasteiger partial charge in [0.05, 0.1) is 5.52 Å². The van der Waals surface area contributed by atoms with Crippen LogP contribution in [-0.2, 0) is 6.42 Å². The highest BCUT2D eigenvalue weighted by Crippen LogP contribution is 2.30. The normalized spacial score (nSPS) is 11.8. The number of hydrogen-bond donors (Lipinski definition) is 3. The van der Waals surface area contributed by atoms with Crippen LogP contribution in [0.1, 0.15) is 27.3 Å². The van der Waals surface area contributed by atoms with Crippen molar-refractivity contribution in [2.75, 3.05) is 6.54 Å². The average molecular weight is 510 g/mol. The molecular formula is C28H23F4N3O2. The summed E-state index contributed by atoms with van der Waals surface area (Å²) in [6.07, 6.45) is -4.20. The molecule has 0 radical (unpaired) electrons. The molecule has 5 nitrogen and oxygen atoms in total. The second-order valence-corrected chi connectivity index (χ2v) is 8.91. The van der Waals surface area contributed by atoms with E-state index in [1.165, 1.54) is 18.2 Å². The minimum absolute atomic E-state index is 0.271. The van der Waals surface area contributed by atoms with Crippen LogP contribution in [0.3, 0.4) is 0 Å². The minimum atomic E-state index is -4.74. The molecule has 1 amide bonds. The molecule has 3 aromatic carbocycles. The summed E-state index contributed by atoms with van der Waals surface area (Å²) >= 11 is 0. The van der Waals surface area contributed by atoms with Crippen molar-refractivity contribution in [2.24, 2.45) is 0 Å². The highest BCUT2D eigenvalue weighted by molar-refractivity contribution is 5.99. The lowest BCUT2D eigenvalue weighted by molar-refractivity contribution is -0.274. The molecule has 9 heteroatoms. The van der Waals surface area contributed by atoms with E-state index in [2.05, 4.69) is 20.0 Å². The van der Waals surface area contributed by atoms with Crippen molar-refractivity contribution in [3.05, 3.63) is 89.0 Å². The number of halogens is 4. The van der Waals surface area contributed by atoms with Gasteiger partial charge in [-0.25, -0.2) is 4.39 Å². The number of carbonyl (C=O) groups is 1. The van der Waals surface area contributed by atoms with E-state index in [9.17, 15) is 22.4 Å². The number of alkyl halides is 3. The lowest BCUT2D eigenvalue weighted by Crippen LogP contribution is -2.26. The zero-order valence-corrected chi connectivity index (χ0v) is 20.0. The highest BCUT2D eigenvalue weighted by atomic mass is 19.4. The Morgan fingerprint density at radius 1 is 0.946 bits per heavy atom. The summed E-state index contributed by atoms with van der Waals surface area (Å²) in [5.74, 6) is -0.868. The molecule has 0 saturated carbocycles. The first-order valence-electron chi connectivity index (χ1n) is 11.6. The molecule has 5 rings (SSSR count). The van der Waals surface area contributed by atoms with Gasteiger partial charge in [-0.2, -0.15) is 0 Å². The van der Waals surface area contributed by atoms with Gasteiger partial charge >= 0.3 is 6.36 Å². The van der Waals surface area contributed by atoms with Gasteiger partial charge in [-0.1, -0.05) is 30.3 Å². The summed E-state index contributed by atoms with van der Waals surface area (Å²) in [6.45, 7) is 4.19. The van der Waals surface area contributed by atoms with Crippen LogP contribution < -0.4 is 10.1 Å². The van der Waals surface area contributed by atoms with Gasteiger partial charge in [-0.15, -0.1) is 13.2 Å². The van der Waals surface area contributed by atoms with E-state index in [1.54, 1.807) is 24.3 Å². The summed E-state index contributed by atoms with van der Waals surface area (Å²) in [5.41, 5.74) is 5.88. The number of aryl methyl sites for hydroxylation is 2. The number of rotatable bonds is 6. The quantitative estimate of drug-likeness (QED) is 0.217. The Balaban J connectivity index is 1.28. The molecule has 0 fully saturated rings. The van der Waals surface area contributed by atoms with Crippen LogP contribution in [0.15, 0.2) is 60.7 Å². The van der Waals surface area contributed by atoms with Gasteiger partial charge in [-0.3, -0.25) is 4.79 Å². The number of amides is 1. The first-order valence-corrected chi connectivity index (χ1v) is 11.6. The molecular weight excluding hydrogens is 486 g/mol. The summed E-state index contributed by atoms with van der Waals surface area (Å²) in [6, 6.07) is 16.0. The third kappa shape index (κ3) is 5.02. The number of benzene rings is 3. The summed E-state index contributed by atoms with van der Waals surface area (Å²) in [5, 5.41) is 4.59. The standard InChI is InChI=1S/C28H23F4N3O2/c1-15-3-10-22(29)26-25(15)21(16(2)34-26)11-12-33-27(36)24-14-19-5-4-18(13-23(19)35-24)17-6-8-20(9-7-17)37-28(30,31)32/h3-10,13-14,34-35H,11-12H2,1-2H3,(H,33,36). The number of ether oxygens (including phenoxy) is 1. The minimum Gasteiger partial charge on any atom is -0.406 e. The Morgan fingerprint density at radius 2 is 1.68 bits per heavy atom. The second-order valence-electron chi connectivity index (χ2n) is 8.91. The van der Waals surface area contributed by atoms with Crippen molar-refractivity contribution in [3.8, 4) is 16.9 Å². The Morgan fingerprint density at radius 3 is 2.41 bits per heavy atom. The molecule has 190 valence electrons. The Kier molecular flexibility index (Phi) is 6.15. The second kappa shape index (κ2) is 9.31. The smallest absolute Gasteiger partial charge is 0.406 e. The summed E-state index contributed by atoms with van der Waals surface area (Å²) in [7, 11) is 0. The van der Waals surface area contributed by atoms with E-state index in [0.29, 0.717) is 29.7 Å². The Hall–Kier alpha value is -4.27. The van der Waals surface area contributed by atoms with Gasteiger partial charge < -0.3 is 20.0 Å². The van der Waals surface area contributed by atoms with Gasteiger partial charge in [0.25, 0.3) is 5.91 Å². The molecule has 2 heterocycles. The van der Waals surface area contributed by atoms with E-state index in [4.69, 9.17) is 0 Å². The van der Waals surface area contributed by atoms with Gasteiger partial charge in [0, 0.05) is 28.5 Å². The Labute approximate surface area is 209 Å². The van der Waals surface area contributed by atoms with Crippen LogP contribution in [0, 0.1) is 19.7 Å². The van der Waals surface area contributed by atoms with Crippen molar-refractivity contribution >= 4 is 27.7 Å². The first-order chi connectivity index (χ1) is 17.6. The molecule has 0 aliphatic carbocycles. The van der Waals surface area contributed by atoms with E-state index in [0.717, 1.165) is 38.7 Å². The Bertz CT molecular complexity index is 1620. The lowest BCUT2D eigenvalue weighted by atomic mass is 10.0. The van der Waals surface area contributed by atoms with Gasteiger partial charge in [0.1, 0.15) is 17.3 Å². The van der Waals surface area contributed by atoms with E-state index in [-0.39, 0.29) is 17.5 Å². The largest absolute Gasteiger partial charge is 0.573 e. The molecule has 5 aromatic rings. The van der Waals surface area contributed by atoms with Gasteiger partial charge in [0.2, 0.25) is 0 Å². The number of H-pyrrole nitrogens is 2. The van der Waals surface area contributed by atoms with Crippen LogP contribution in [0.2, 0.25) is 0 Å². The van der Waals surface area contributed by atoms with E-state index in [1.807, 2.05) is 32.0 Å². The first kappa shape index (κ1) is 24.4. The van der Waals surface area contributed by atoms with Crippen LogP contribution in [-0.4, -0.2) is 28.8 Å². The predicted octanol–water partition coefficient (Wildman–Crippen LogP) is 6.94. The fourth-order valence-electron chi connectivity index (χ4n) is 4.63. The highest BCUT2D eigenvalue weighted by Gasteiger charge is 2.31. The van der Waals surface area contributed by atoms with Gasteiger partial charge in [0.15, 0.2) is 0 Å². The van der Waals surface area contributed by atoms with Crippen LogP contribution >= 0.6 is 0 Å². The fourth-order valence-corrected chi connectivity index (χ4v) is 4.63. The molecule has 0 bridgehead atoms. The molecule has 0 aliphatic rings. The van der Waals surface area contributed by atoms with Crippen LogP contribution in [0.5, 0.6) is 5.75 Å². The average Bonchev–Trinajstić information content (AvgIpc) is 3.42. The van der Waals surface area contributed by atoms with Gasteiger partial charge in [-0.05, 0) is 72.9 Å². The maximum Gasteiger partial charge on any atom is 0.573 e. The number of carbonyl (C=O) groups excluding carboxylic acids is 1. The third-order valence-corrected chi connectivity index (χ3v) is 6.38. The van der Waals surface area contributed by atoms with Crippen molar-refractivity contribution in [3.63, 3.8) is 0 Å². The molecule has 0 unspecified atom stereocenters. The molecule has 3 N–H and O–H groups in total. The maximum atomic E-state index is 14.2. The summed E-state index contributed by atoms with van der Waals surface area (Å²) < 4.78 is 55.3. The zero-order chi connectivity index (χ0) is 26.3. The number of aromatic nitrogens is 2. The number of aromatic amines is 2. The molecule has 2 aromatic heterocycles. The maximum absolute atomic E-state index is 14.2. The fraction of sp³-hybridized carbons (Fsp3) is 0.179. The molecule has 0 spiro atoms.